The summed E-state index contributed by atoms with van der Waals surface area (Å²) in [5.74, 6) is 2.16. The molecule has 1 amide bonds. The van der Waals surface area contributed by atoms with Gasteiger partial charge in [-0.25, -0.2) is 8.42 Å². The van der Waals surface area contributed by atoms with Gasteiger partial charge in [0.25, 0.3) is 0 Å². The number of benzene rings is 2. The van der Waals surface area contributed by atoms with E-state index in [2.05, 4.69) is 5.32 Å². The zero-order chi connectivity index (χ0) is 20.6. The van der Waals surface area contributed by atoms with Crippen molar-refractivity contribution in [1.29, 1.82) is 0 Å². The predicted molar refractivity (Wildman–Crippen MR) is 118 cm³/mol. The summed E-state index contributed by atoms with van der Waals surface area (Å²) >= 11 is 7.73. The van der Waals surface area contributed by atoms with Gasteiger partial charge in [-0.15, -0.1) is 0 Å². The number of nitrogens with one attached hydrogen (secondary N) is 1. The fraction of sp³-hybridized carbons (Fsp3) is 0.350. The zero-order valence-corrected chi connectivity index (χ0v) is 18.2. The summed E-state index contributed by atoms with van der Waals surface area (Å²) in [5, 5.41) is 3.27. The van der Waals surface area contributed by atoms with Crippen molar-refractivity contribution in [3.63, 3.8) is 0 Å². The Labute approximate surface area is 179 Å². The maximum absolute atomic E-state index is 13.2. The fourth-order valence-corrected chi connectivity index (χ4v) is 5.81. The van der Waals surface area contributed by atoms with Crippen molar-refractivity contribution in [2.45, 2.75) is 24.2 Å². The number of thioether (sulfide) groups is 1. The SMILES string of the molecule is C[C@@]1(C(=O)Nc2ccc(OC3CSC3)cc2)CCN(c2ccc(Cl)cc2)S1(=O)=O. The van der Waals surface area contributed by atoms with Crippen LogP contribution in [0.3, 0.4) is 0 Å². The molecular formula is C20H21ClN2O4S2. The highest BCUT2D eigenvalue weighted by Crippen LogP contribution is 2.37. The Hall–Kier alpha value is -1.90. The van der Waals surface area contributed by atoms with Crippen molar-refractivity contribution in [2.24, 2.45) is 0 Å². The van der Waals surface area contributed by atoms with Gasteiger partial charge in [-0.1, -0.05) is 11.6 Å². The van der Waals surface area contributed by atoms with Crippen LogP contribution in [-0.4, -0.2) is 43.2 Å². The minimum Gasteiger partial charge on any atom is -0.489 e. The second-order valence-electron chi connectivity index (χ2n) is 7.29. The molecule has 2 aliphatic heterocycles. The van der Waals surface area contributed by atoms with Gasteiger partial charge in [0.15, 0.2) is 4.75 Å². The minimum absolute atomic E-state index is 0.199. The van der Waals surface area contributed by atoms with E-state index in [4.69, 9.17) is 16.3 Å². The van der Waals surface area contributed by atoms with Crippen LogP contribution >= 0.6 is 23.4 Å². The fourth-order valence-electron chi connectivity index (χ4n) is 3.27. The molecule has 154 valence electrons. The van der Waals surface area contributed by atoms with E-state index >= 15 is 0 Å². The number of amides is 1. The van der Waals surface area contributed by atoms with Crippen molar-refractivity contribution in [3.8, 4) is 5.75 Å². The highest BCUT2D eigenvalue weighted by atomic mass is 35.5. The first-order valence-corrected chi connectivity index (χ1v) is 12.2. The summed E-state index contributed by atoms with van der Waals surface area (Å²) < 4.78 is 31.8. The van der Waals surface area contributed by atoms with Crippen molar-refractivity contribution < 1.29 is 17.9 Å². The van der Waals surface area contributed by atoms with Gasteiger partial charge in [-0.3, -0.25) is 9.10 Å². The minimum atomic E-state index is -3.88. The molecule has 2 fully saturated rings. The summed E-state index contributed by atoms with van der Waals surface area (Å²) in [7, 11) is -3.88. The summed E-state index contributed by atoms with van der Waals surface area (Å²) in [6, 6.07) is 13.6. The van der Waals surface area contributed by atoms with Gasteiger partial charge in [-0.05, 0) is 61.9 Å². The largest absolute Gasteiger partial charge is 0.489 e. The van der Waals surface area contributed by atoms with Crippen LogP contribution in [0.25, 0.3) is 0 Å². The molecule has 1 atom stereocenters. The van der Waals surface area contributed by atoms with Crippen LogP contribution < -0.4 is 14.4 Å². The van der Waals surface area contributed by atoms with E-state index in [-0.39, 0.29) is 19.1 Å². The van der Waals surface area contributed by atoms with Crippen LogP contribution in [0.2, 0.25) is 5.02 Å². The molecule has 4 rings (SSSR count). The Morgan fingerprint density at radius 3 is 2.41 bits per heavy atom. The molecule has 6 nitrogen and oxygen atoms in total. The Morgan fingerprint density at radius 2 is 1.83 bits per heavy atom. The van der Waals surface area contributed by atoms with E-state index in [0.29, 0.717) is 16.4 Å². The summed E-state index contributed by atoms with van der Waals surface area (Å²) in [5.41, 5.74) is 1.04. The molecule has 2 aromatic rings. The van der Waals surface area contributed by atoms with Gasteiger partial charge in [0.2, 0.25) is 15.9 Å². The van der Waals surface area contributed by atoms with E-state index in [0.717, 1.165) is 17.3 Å². The number of nitrogens with zero attached hydrogens (tertiary/aromatic N) is 1. The molecule has 2 aliphatic rings. The topological polar surface area (TPSA) is 75.7 Å². The molecule has 0 bridgehead atoms. The van der Waals surface area contributed by atoms with Crippen molar-refractivity contribution in [1.82, 2.24) is 0 Å². The van der Waals surface area contributed by atoms with E-state index < -0.39 is 20.7 Å². The van der Waals surface area contributed by atoms with Gasteiger partial charge in [0.05, 0.1) is 5.69 Å². The number of sulfonamides is 1. The molecule has 29 heavy (non-hydrogen) atoms. The molecule has 0 aliphatic carbocycles. The number of hydrogen-bond acceptors (Lipinski definition) is 5. The third kappa shape index (κ3) is 3.81. The van der Waals surface area contributed by atoms with Crippen molar-refractivity contribution in [3.05, 3.63) is 53.6 Å². The number of hydrogen-bond donors (Lipinski definition) is 1. The number of anilines is 2. The van der Waals surface area contributed by atoms with E-state index in [1.54, 1.807) is 48.5 Å². The Balaban J connectivity index is 1.48. The first-order valence-electron chi connectivity index (χ1n) is 9.23. The van der Waals surface area contributed by atoms with E-state index in [1.165, 1.54) is 11.2 Å². The highest BCUT2D eigenvalue weighted by molar-refractivity contribution is 8.00. The lowest BCUT2D eigenvalue weighted by molar-refractivity contribution is -0.118. The summed E-state index contributed by atoms with van der Waals surface area (Å²) in [6.45, 7) is 1.71. The lowest BCUT2D eigenvalue weighted by Gasteiger charge is -2.26. The number of carbonyl (C=O) groups excluding carboxylic acids is 1. The highest BCUT2D eigenvalue weighted by Gasteiger charge is 2.54. The Kier molecular flexibility index (Phi) is 5.44. The average Bonchev–Trinajstić information content (AvgIpc) is 2.91. The maximum atomic E-state index is 13.2. The molecular weight excluding hydrogens is 432 g/mol. The second-order valence-corrected chi connectivity index (χ2v) is 11.1. The summed E-state index contributed by atoms with van der Waals surface area (Å²) in [4.78, 5) is 12.9. The normalized spacial score (nSPS) is 23.4. The molecule has 1 N–H and O–H groups in total. The first kappa shape index (κ1) is 20.4. The first-order chi connectivity index (χ1) is 13.8. The van der Waals surface area contributed by atoms with Crippen LogP contribution in [0.5, 0.6) is 5.75 Å². The lowest BCUT2D eigenvalue weighted by Crippen LogP contribution is -2.47. The van der Waals surface area contributed by atoms with Crippen molar-refractivity contribution in [2.75, 3.05) is 27.7 Å². The third-order valence-electron chi connectivity index (χ3n) is 5.27. The third-order valence-corrected chi connectivity index (χ3v) is 9.24. The van der Waals surface area contributed by atoms with Gasteiger partial charge < -0.3 is 10.1 Å². The maximum Gasteiger partial charge on any atom is 0.249 e. The zero-order valence-electron chi connectivity index (χ0n) is 15.8. The standard InChI is InChI=1S/C20H21ClN2O4S2/c1-20(10-11-23(29(20,25)26)16-6-2-14(21)3-7-16)19(24)22-15-4-8-17(9-5-15)27-18-12-28-13-18/h2-9,18H,10-13H2,1H3,(H,22,24)/t20-/m0/s1. The van der Waals surface area contributed by atoms with Gasteiger partial charge >= 0.3 is 0 Å². The quantitative estimate of drug-likeness (QED) is 0.747. The molecule has 9 heteroatoms. The second kappa shape index (κ2) is 7.74. The molecule has 0 saturated carbocycles. The van der Waals surface area contributed by atoms with Crippen LogP contribution in [0.1, 0.15) is 13.3 Å². The lowest BCUT2D eigenvalue weighted by atomic mass is 10.1. The van der Waals surface area contributed by atoms with E-state index in [1.807, 2.05) is 11.8 Å². The molecule has 0 spiro atoms. The number of halogens is 1. The van der Waals surface area contributed by atoms with Gasteiger partial charge in [0, 0.05) is 28.8 Å². The van der Waals surface area contributed by atoms with E-state index in [9.17, 15) is 13.2 Å². The molecule has 2 aromatic carbocycles. The number of ether oxygens (including phenoxy) is 1. The molecule has 0 aromatic heterocycles. The Morgan fingerprint density at radius 1 is 1.17 bits per heavy atom. The van der Waals surface area contributed by atoms with Gasteiger partial charge in [0.1, 0.15) is 11.9 Å². The molecule has 2 saturated heterocycles. The monoisotopic (exact) mass is 452 g/mol. The Bertz CT molecular complexity index is 1010. The number of rotatable bonds is 5. The van der Waals surface area contributed by atoms with Gasteiger partial charge in [-0.2, -0.15) is 11.8 Å². The smallest absolute Gasteiger partial charge is 0.249 e. The predicted octanol–water partition coefficient (Wildman–Crippen LogP) is 3.77. The molecule has 2 heterocycles. The summed E-state index contributed by atoms with van der Waals surface area (Å²) in [6.07, 6.45) is 0.437. The van der Waals surface area contributed by atoms with Crippen LogP contribution in [0.4, 0.5) is 11.4 Å². The van der Waals surface area contributed by atoms with Crippen LogP contribution in [0, 0.1) is 0 Å². The molecule has 0 radical (unpaired) electrons. The van der Waals surface area contributed by atoms with Crippen LogP contribution in [0.15, 0.2) is 48.5 Å². The van der Waals surface area contributed by atoms with Crippen molar-refractivity contribution >= 4 is 50.7 Å². The molecule has 0 unspecified atom stereocenters. The van der Waals surface area contributed by atoms with Crippen LogP contribution in [-0.2, 0) is 14.8 Å². The number of carbonyl (C=O) groups is 1. The average molecular weight is 453 g/mol.